The minimum Gasteiger partial charge on any atom is -0.336 e. The Labute approximate surface area is 79.7 Å². The van der Waals surface area contributed by atoms with E-state index in [9.17, 15) is 14.4 Å². The van der Waals surface area contributed by atoms with Gasteiger partial charge in [-0.1, -0.05) is 0 Å². The fourth-order valence-electron chi connectivity index (χ4n) is 0.921. The van der Waals surface area contributed by atoms with Gasteiger partial charge in [0.25, 0.3) is 11.8 Å². The van der Waals surface area contributed by atoms with Crippen LogP contribution in [0.2, 0.25) is 0 Å². The third kappa shape index (κ3) is 2.36. The third-order valence-corrected chi connectivity index (χ3v) is 1.58. The van der Waals surface area contributed by atoms with Crippen LogP contribution in [0.4, 0.5) is 0 Å². The van der Waals surface area contributed by atoms with E-state index in [1.807, 2.05) is 0 Å². The van der Waals surface area contributed by atoms with Crippen LogP contribution in [-0.4, -0.2) is 36.6 Å². The average Bonchev–Trinajstić information content (AvgIpc) is 2.12. The standard InChI is InChI=1S/C7H10N4O3/c8-2-1-4(12)11-5-6(13)9-3-10-7(5)14/h3,5H,1-2,8H2,(H,11,12)(H,9,10,13,14). The second kappa shape index (κ2) is 4.47. The molecule has 0 bridgehead atoms. The SMILES string of the molecule is NCCC(=O)NC1C(=O)N=CNC1=O. The Hall–Kier alpha value is -1.76. The van der Waals surface area contributed by atoms with Crippen LogP contribution in [0.15, 0.2) is 4.99 Å². The zero-order valence-corrected chi connectivity index (χ0v) is 7.32. The number of carbonyl (C=O) groups excluding carboxylic acids is 3. The minimum atomic E-state index is -1.22. The fraction of sp³-hybridized carbons (Fsp3) is 0.429. The lowest BCUT2D eigenvalue weighted by atomic mass is 10.2. The van der Waals surface area contributed by atoms with E-state index >= 15 is 0 Å². The predicted octanol–water partition coefficient (Wildman–Crippen LogP) is -2.50. The van der Waals surface area contributed by atoms with Crippen LogP contribution in [0.5, 0.6) is 0 Å². The molecule has 0 aromatic rings. The molecule has 7 nitrogen and oxygen atoms in total. The maximum absolute atomic E-state index is 11.1. The highest BCUT2D eigenvalue weighted by molar-refractivity contribution is 6.15. The van der Waals surface area contributed by atoms with Gasteiger partial charge in [0.2, 0.25) is 5.91 Å². The molecule has 7 heteroatoms. The number of carbonyl (C=O) groups is 3. The molecule has 3 amide bonds. The molecule has 0 spiro atoms. The van der Waals surface area contributed by atoms with Crippen LogP contribution in [-0.2, 0) is 14.4 Å². The van der Waals surface area contributed by atoms with Crippen molar-refractivity contribution in [3.8, 4) is 0 Å². The fourth-order valence-corrected chi connectivity index (χ4v) is 0.921. The van der Waals surface area contributed by atoms with Crippen molar-refractivity contribution < 1.29 is 14.4 Å². The predicted molar refractivity (Wildman–Crippen MR) is 47.2 cm³/mol. The quantitative estimate of drug-likeness (QED) is 0.435. The van der Waals surface area contributed by atoms with Gasteiger partial charge in [-0.15, -0.1) is 0 Å². The number of aliphatic imine (C=N–C) groups is 1. The first-order valence-corrected chi connectivity index (χ1v) is 4.01. The van der Waals surface area contributed by atoms with Gasteiger partial charge in [-0.25, -0.2) is 4.99 Å². The summed E-state index contributed by atoms with van der Waals surface area (Å²) >= 11 is 0. The van der Waals surface area contributed by atoms with E-state index in [-0.39, 0.29) is 13.0 Å². The van der Waals surface area contributed by atoms with Gasteiger partial charge in [0.05, 0.1) is 6.34 Å². The normalized spacial score (nSPS) is 20.5. The average molecular weight is 198 g/mol. The van der Waals surface area contributed by atoms with E-state index in [2.05, 4.69) is 15.6 Å². The molecule has 1 atom stereocenters. The van der Waals surface area contributed by atoms with Crippen molar-refractivity contribution in [1.29, 1.82) is 0 Å². The summed E-state index contributed by atoms with van der Waals surface area (Å²) < 4.78 is 0. The van der Waals surface area contributed by atoms with Crippen LogP contribution in [0.3, 0.4) is 0 Å². The van der Waals surface area contributed by atoms with Crippen molar-refractivity contribution in [3.05, 3.63) is 0 Å². The number of rotatable bonds is 3. The molecule has 1 heterocycles. The molecular formula is C7H10N4O3. The molecule has 1 unspecified atom stereocenters. The van der Waals surface area contributed by atoms with Gasteiger partial charge in [0.15, 0.2) is 6.04 Å². The van der Waals surface area contributed by atoms with Crippen molar-refractivity contribution in [2.24, 2.45) is 10.7 Å². The monoisotopic (exact) mass is 198 g/mol. The molecule has 76 valence electrons. The topological polar surface area (TPSA) is 114 Å². The van der Waals surface area contributed by atoms with Crippen LogP contribution in [0.1, 0.15) is 6.42 Å². The summed E-state index contributed by atoms with van der Waals surface area (Å²) in [4.78, 5) is 36.5. The summed E-state index contributed by atoms with van der Waals surface area (Å²) in [6.45, 7) is 0.164. The number of nitrogens with one attached hydrogen (secondary N) is 2. The molecule has 0 aromatic heterocycles. The number of nitrogens with two attached hydrogens (primary N) is 1. The molecule has 0 aliphatic carbocycles. The highest BCUT2D eigenvalue weighted by Gasteiger charge is 2.29. The zero-order valence-electron chi connectivity index (χ0n) is 7.32. The summed E-state index contributed by atoms with van der Waals surface area (Å²) in [5.74, 6) is -1.72. The van der Waals surface area contributed by atoms with Gasteiger partial charge >= 0.3 is 0 Å². The van der Waals surface area contributed by atoms with Crippen molar-refractivity contribution in [2.45, 2.75) is 12.5 Å². The Morgan fingerprint density at radius 2 is 2.36 bits per heavy atom. The van der Waals surface area contributed by atoms with E-state index in [1.165, 1.54) is 0 Å². The molecule has 0 saturated carbocycles. The molecular weight excluding hydrogens is 188 g/mol. The lowest BCUT2D eigenvalue weighted by Gasteiger charge is -2.16. The number of nitrogens with zero attached hydrogens (tertiary/aromatic N) is 1. The molecule has 1 aliphatic rings. The molecule has 14 heavy (non-hydrogen) atoms. The van der Waals surface area contributed by atoms with Crippen molar-refractivity contribution >= 4 is 24.1 Å². The first-order chi connectivity index (χ1) is 6.65. The Balaban J connectivity index is 2.58. The van der Waals surface area contributed by atoms with E-state index in [4.69, 9.17) is 5.73 Å². The molecule has 1 rings (SSSR count). The van der Waals surface area contributed by atoms with Crippen LogP contribution >= 0.6 is 0 Å². The third-order valence-electron chi connectivity index (χ3n) is 1.58. The summed E-state index contributed by atoms with van der Waals surface area (Å²) in [5, 5.41) is 4.44. The van der Waals surface area contributed by atoms with Gasteiger partial charge in [-0.3, -0.25) is 14.4 Å². The van der Waals surface area contributed by atoms with Gasteiger partial charge in [-0.2, -0.15) is 0 Å². The van der Waals surface area contributed by atoms with Crippen molar-refractivity contribution in [3.63, 3.8) is 0 Å². The maximum Gasteiger partial charge on any atom is 0.279 e. The van der Waals surface area contributed by atoms with E-state index < -0.39 is 23.8 Å². The Morgan fingerprint density at radius 3 is 2.93 bits per heavy atom. The lowest BCUT2D eigenvalue weighted by Crippen LogP contribution is -2.53. The minimum absolute atomic E-state index is 0.0702. The number of hydrogen-bond acceptors (Lipinski definition) is 4. The molecule has 0 aromatic carbocycles. The Bertz CT molecular complexity index is 299. The van der Waals surface area contributed by atoms with Gasteiger partial charge < -0.3 is 16.4 Å². The van der Waals surface area contributed by atoms with E-state index in [0.29, 0.717) is 0 Å². The maximum atomic E-state index is 11.1. The Kier molecular flexibility index (Phi) is 3.29. The smallest absolute Gasteiger partial charge is 0.279 e. The van der Waals surface area contributed by atoms with Crippen molar-refractivity contribution in [1.82, 2.24) is 10.6 Å². The van der Waals surface area contributed by atoms with Gasteiger partial charge in [0.1, 0.15) is 0 Å². The summed E-state index contributed by atoms with van der Waals surface area (Å²) in [7, 11) is 0. The molecule has 1 aliphatic heterocycles. The lowest BCUT2D eigenvalue weighted by molar-refractivity contribution is -0.135. The van der Waals surface area contributed by atoms with Crippen LogP contribution < -0.4 is 16.4 Å². The first kappa shape index (κ1) is 10.3. The second-order valence-electron chi connectivity index (χ2n) is 2.64. The second-order valence-corrected chi connectivity index (χ2v) is 2.64. The molecule has 4 N–H and O–H groups in total. The summed E-state index contributed by atoms with van der Waals surface area (Å²) in [5.41, 5.74) is 5.13. The highest BCUT2D eigenvalue weighted by atomic mass is 16.2. The number of hydrogen-bond donors (Lipinski definition) is 3. The van der Waals surface area contributed by atoms with Crippen LogP contribution in [0, 0.1) is 0 Å². The van der Waals surface area contributed by atoms with Crippen LogP contribution in [0.25, 0.3) is 0 Å². The summed E-state index contributed by atoms with van der Waals surface area (Å²) in [6, 6.07) is -1.22. The van der Waals surface area contributed by atoms with Gasteiger partial charge in [-0.05, 0) is 0 Å². The Morgan fingerprint density at radius 1 is 1.64 bits per heavy atom. The molecule has 0 fully saturated rings. The first-order valence-electron chi connectivity index (χ1n) is 4.01. The molecule has 0 radical (unpaired) electrons. The zero-order chi connectivity index (χ0) is 10.6. The van der Waals surface area contributed by atoms with E-state index in [1.54, 1.807) is 0 Å². The number of amides is 3. The highest BCUT2D eigenvalue weighted by Crippen LogP contribution is 1.93. The summed E-state index contributed by atoms with van der Waals surface area (Å²) in [6.07, 6.45) is 1.07. The van der Waals surface area contributed by atoms with Gasteiger partial charge in [0, 0.05) is 13.0 Å². The van der Waals surface area contributed by atoms with Crippen molar-refractivity contribution in [2.75, 3.05) is 6.54 Å². The largest absolute Gasteiger partial charge is 0.336 e. The molecule has 0 saturated heterocycles. The van der Waals surface area contributed by atoms with E-state index in [0.717, 1.165) is 6.34 Å².